The minimum atomic E-state index is -0.378. The van der Waals surface area contributed by atoms with Gasteiger partial charge in [0.2, 0.25) is 0 Å². The lowest BCUT2D eigenvalue weighted by atomic mass is 9.77. The van der Waals surface area contributed by atoms with Crippen molar-refractivity contribution in [2.45, 2.75) is 33.1 Å². The minimum Gasteiger partial charge on any atom is -0.329 e. The predicted octanol–water partition coefficient (Wildman–Crippen LogP) is 2.27. The normalized spacial score (nSPS) is 12.2. The van der Waals surface area contributed by atoms with E-state index in [1.807, 2.05) is 36.0 Å². The number of ketones is 1. The van der Waals surface area contributed by atoms with Crippen LogP contribution in [0, 0.1) is 5.41 Å². The number of hydrogen-bond acceptors (Lipinski definition) is 4. The molecule has 0 aliphatic heterocycles. The molecular weight excluding hydrogens is 246 g/mol. The highest BCUT2D eigenvalue weighted by molar-refractivity contribution is 7.15. The highest BCUT2D eigenvalue weighted by atomic mass is 32.1. The van der Waals surface area contributed by atoms with Gasteiger partial charge in [-0.3, -0.25) is 9.20 Å². The highest BCUT2D eigenvalue weighted by Gasteiger charge is 2.33. The number of Topliss-reactive ketones (excluding diaryl/α,β-unsaturated/α-hetero) is 1. The summed E-state index contributed by atoms with van der Waals surface area (Å²) >= 11 is 1.58. The van der Waals surface area contributed by atoms with Crippen LogP contribution in [-0.4, -0.2) is 21.7 Å². The Morgan fingerprint density at radius 3 is 2.78 bits per heavy atom. The summed E-state index contributed by atoms with van der Waals surface area (Å²) in [5.74, 6) is 0.209. The summed E-state index contributed by atoms with van der Waals surface area (Å²) in [6, 6.07) is 0. The molecule has 0 radical (unpaired) electrons. The Hall–Kier alpha value is -1.20. The van der Waals surface area contributed by atoms with Crippen LogP contribution in [0.1, 0.15) is 32.4 Å². The fourth-order valence-corrected chi connectivity index (χ4v) is 2.98. The summed E-state index contributed by atoms with van der Waals surface area (Å²) < 4.78 is 1.95. The van der Waals surface area contributed by atoms with Crippen molar-refractivity contribution in [3.63, 3.8) is 0 Å². The molecule has 0 unspecified atom stereocenters. The van der Waals surface area contributed by atoms with E-state index in [9.17, 15) is 4.79 Å². The molecule has 4 nitrogen and oxygen atoms in total. The molecule has 0 amide bonds. The van der Waals surface area contributed by atoms with Gasteiger partial charge in [0.1, 0.15) is 5.78 Å². The van der Waals surface area contributed by atoms with Gasteiger partial charge < -0.3 is 5.73 Å². The van der Waals surface area contributed by atoms with Crippen molar-refractivity contribution in [1.29, 1.82) is 0 Å². The van der Waals surface area contributed by atoms with Crippen molar-refractivity contribution in [2.24, 2.45) is 11.1 Å². The maximum atomic E-state index is 12.4. The van der Waals surface area contributed by atoms with E-state index < -0.39 is 0 Å². The van der Waals surface area contributed by atoms with Crippen LogP contribution in [0.2, 0.25) is 0 Å². The van der Waals surface area contributed by atoms with E-state index in [4.69, 9.17) is 5.73 Å². The topological polar surface area (TPSA) is 60.4 Å². The fourth-order valence-electron chi connectivity index (χ4n) is 2.26. The molecule has 2 rings (SSSR count). The predicted molar refractivity (Wildman–Crippen MR) is 73.8 cm³/mol. The molecule has 2 aromatic rings. The summed E-state index contributed by atoms with van der Waals surface area (Å²) in [5, 5.41) is 1.98. The molecule has 98 valence electrons. The number of hydrogen-bond donors (Lipinski definition) is 1. The number of rotatable bonds is 6. The Balaban J connectivity index is 2.17. The quantitative estimate of drug-likeness (QED) is 0.871. The zero-order valence-corrected chi connectivity index (χ0v) is 11.7. The first kappa shape index (κ1) is 13.2. The molecule has 0 aliphatic rings. The molecule has 18 heavy (non-hydrogen) atoms. The van der Waals surface area contributed by atoms with Gasteiger partial charge in [0.05, 0.1) is 12.1 Å². The second-order valence-corrected chi connectivity index (χ2v) is 5.49. The second kappa shape index (κ2) is 5.20. The van der Waals surface area contributed by atoms with Crippen LogP contribution < -0.4 is 5.73 Å². The van der Waals surface area contributed by atoms with Crippen LogP contribution in [0.25, 0.3) is 4.96 Å². The Labute approximate surface area is 111 Å². The summed E-state index contributed by atoms with van der Waals surface area (Å²) in [4.78, 5) is 17.8. The Kier molecular flexibility index (Phi) is 3.82. The first-order chi connectivity index (χ1) is 8.65. The first-order valence-electron chi connectivity index (χ1n) is 6.29. The maximum absolute atomic E-state index is 12.4. The summed E-state index contributed by atoms with van der Waals surface area (Å²) in [6.07, 6.45) is 5.85. The Morgan fingerprint density at radius 1 is 1.50 bits per heavy atom. The van der Waals surface area contributed by atoms with E-state index in [0.717, 1.165) is 23.5 Å². The standard InChI is InChI=1S/C13H19N3OS/c1-3-13(4-2,9-14)11(17)7-10-8-16-5-6-18-12(16)15-10/h5-6,8H,3-4,7,9,14H2,1-2H3. The molecule has 2 heterocycles. The van der Waals surface area contributed by atoms with Gasteiger partial charge in [-0.2, -0.15) is 0 Å². The third-order valence-electron chi connectivity index (χ3n) is 3.82. The molecule has 2 N–H and O–H groups in total. The number of fused-ring (bicyclic) bond motifs is 1. The number of thiazole rings is 1. The molecular formula is C13H19N3OS. The lowest BCUT2D eigenvalue weighted by Gasteiger charge is -2.28. The van der Waals surface area contributed by atoms with Gasteiger partial charge in [-0.05, 0) is 12.8 Å². The number of aromatic nitrogens is 2. The molecule has 0 fully saturated rings. The summed E-state index contributed by atoms with van der Waals surface area (Å²) in [6.45, 7) is 4.47. The minimum absolute atomic E-state index is 0.209. The van der Waals surface area contributed by atoms with Gasteiger partial charge in [-0.1, -0.05) is 13.8 Å². The summed E-state index contributed by atoms with van der Waals surface area (Å²) in [5.41, 5.74) is 6.26. The Morgan fingerprint density at radius 2 is 2.22 bits per heavy atom. The third kappa shape index (κ3) is 2.20. The molecule has 0 atom stereocenters. The van der Waals surface area contributed by atoms with E-state index in [2.05, 4.69) is 4.98 Å². The number of nitrogens with zero attached hydrogens (tertiary/aromatic N) is 2. The molecule has 0 bridgehead atoms. The Bertz CT molecular complexity index is 502. The number of carbonyl (C=O) groups is 1. The van der Waals surface area contributed by atoms with Crippen molar-refractivity contribution < 1.29 is 4.79 Å². The lowest BCUT2D eigenvalue weighted by molar-refractivity contribution is -0.128. The molecule has 0 saturated heterocycles. The van der Waals surface area contributed by atoms with Gasteiger partial charge in [-0.25, -0.2) is 4.98 Å². The van der Waals surface area contributed by atoms with E-state index in [-0.39, 0.29) is 11.2 Å². The van der Waals surface area contributed by atoms with Gasteiger partial charge in [0.25, 0.3) is 0 Å². The van der Waals surface area contributed by atoms with Gasteiger partial charge in [0.15, 0.2) is 4.96 Å². The molecule has 0 aromatic carbocycles. The lowest BCUT2D eigenvalue weighted by Crippen LogP contribution is -2.38. The van der Waals surface area contributed by atoms with E-state index >= 15 is 0 Å². The number of imidazole rings is 1. The molecule has 0 saturated carbocycles. The summed E-state index contributed by atoms with van der Waals surface area (Å²) in [7, 11) is 0. The van der Waals surface area contributed by atoms with Gasteiger partial charge >= 0.3 is 0 Å². The zero-order valence-electron chi connectivity index (χ0n) is 10.8. The average molecular weight is 265 g/mol. The molecule has 0 spiro atoms. The van der Waals surface area contributed by atoms with Crippen LogP contribution in [0.15, 0.2) is 17.8 Å². The second-order valence-electron chi connectivity index (χ2n) is 4.62. The van der Waals surface area contributed by atoms with E-state index in [1.165, 1.54) is 0 Å². The van der Waals surface area contributed by atoms with Crippen molar-refractivity contribution in [3.05, 3.63) is 23.5 Å². The largest absolute Gasteiger partial charge is 0.329 e. The highest BCUT2D eigenvalue weighted by Crippen LogP contribution is 2.27. The van der Waals surface area contributed by atoms with Gasteiger partial charge in [0, 0.05) is 29.7 Å². The van der Waals surface area contributed by atoms with Gasteiger partial charge in [-0.15, -0.1) is 11.3 Å². The first-order valence-corrected chi connectivity index (χ1v) is 7.17. The van der Waals surface area contributed by atoms with Crippen LogP contribution >= 0.6 is 11.3 Å². The number of carbonyl (C=O) groups excluding carboxylic acids is 1. The smallest absolute Gasteiger partial charge is 0.193 e. The SMILES string of the molecule is CCC(CC)(CN)C(=O)Cc1cn2ccsc2n1. The molecule has 5 heteroatoms. The van der Waals surface area contributed by atoms with Crippen LogP contribution in [0.3, 0.4) is 0 Å². The average Bonchev–Trinajstić information content (AvgIpc) is 2.92. The molecule has 2 aromatic heterocycles. The van der Waals surface area contributed by atoms with Crippen LogP contribution in [-0.2, 0) is 11.2 Å². The van der Waals surface area contributed by atoms with Crippen LogP contribution in [0.4, 0.5) is 0 Å². The van der Waals surface area contributed by atoms with Crippen molar-refractivity contribution in [3.8, 4) is 0 Å². The van der Waals surface area contributed by atoms with E-state index in [0.29, 0.717) is 13.0 Å². The fraction of sp³-hybridized carbons (Fsp3) is 0.538. The van der Waals surface area contributed by atoms with E-state index in [1.54, 1.807) is 11.3 Å². The van der Waals surface area contributed by atoms with Crippen molar-refractivity contribution in [2.75, 3.05) is 6.54 Å². The van der Waals surface area contributed by atoms with Crippen LogP contribution in [0.5, 0.6) is 0 Å². The van der Waals surface area contributed by atoms with Crippen molar-refractivity contribution >= 4 is 22.1 Å². The maximum Gasteiger partial charge on any atom is 0.193 e. The monoisotopic (exact) mass is 265 g/mol. The van der Waals surface area contributed by atoms with Crippen molar-refractivity contribution in [1.82, 2.24) is 9.38 Å². The number of nitrogens with two attached hydrogens (primary N) is 1. The molecule has 0 aliphatic carbocycles. The third-order valence-corrected chi connectivity index (χ3v) is 4.59. The zero-order chi connectivity index (χ0) is 13.2.